The topological polar surface area (TPSA) is 130 Å². The molecule has 3 aliphatic rings. The molecule has 12 heteroatoms. The highest BCUT2D eigenvalue weighted by Gasteiger charge is 2.52. The standard InChI is InChI=1S/C29H40N6O5S/c1-4-18(2)24(28(38)35-15-21(30)26-25(35)23(36)16-40-26)32-27(37)20-7-5-19(6-8-20)22-17-41-29(31-22)34-11-9-33(10-12-34)13-14-39-3/h5-8,17-18,21,24-26H,4,9-16,30H2,1-3H3,(H,32,37)/t18-,21+,24-,25+,26+/m0/s1. The summed E-state index contributed by atoms with van der Waals surface area (Å²) in [5, 5.41) is 5.98. The molecule has 3 aliphatic heterocycles. The fourth-order valence-corrected chi connectivity index (χ4v) is 6.61. The first kappa shape index (κ1) is 29.6. The number of likely N-dealkylation sites (tertiary alicyclic amines) is 1. The molecule has 0 bridgehead atoms. The van der Waals surface area contributed by atoms with Crippen LogP contribution in [0, 0.1) is 5.92 Å². The molecule has 5 atom stereocenters. The molecule has 2 amide bonds. The molecule has 222 valence electrons. The first-order chi connectivity index (χ1) is 19.8. The summed E-state index contributed by atoms with van der Waals surface area (Å²) in [6.07, 6.45) is 0.201. The van der Waals surface area contributed by atoms with Crippen LogP contribution in [0.1, 0.15) is 30.6 Å². The van der Waals surface area contributed by atoms with Crippen molar-refractivity contribution >= 4 is 34.1 Å². The Kier molecular flexibility index (Phi) is 9.35. The number of carbonyl (C=O) groups is 3. The number of methoxy groups -OCH3 is 1. The Labute approximate surface area is 245 Å². The van der Waals surface area contributed by atoms with Crippen LogP contribution in [-0.2, 0) is 19.1 Å². The summed E-state index contributed by atoms with van der Waals surface area (Å²) in [4.78, 5) is 50.4. The van der Waals surface area contributed by atoms with Gasteiger partial charge in [0.05, 0.1) is 18.3 Å². The van der Waals surface area contributed by atoms with Crippen LogP contribution >= 0.6 is 11.3 Å². The van der Waals surface area contributed by atoms with Gasteiger partial charge in [0.15, 0.2) is 10.9 Å². The third-order valence-corrected chi connectivity index (χ3v) is 9.36. The van der Waals surface area contributed by atoms with Gasteiger partial charge in [-0.25, -0.2) is 4.98 Å². The van der Waals surface area contributed by atoms with E-state index >= 15 is 0 Å². The molecular formula is C29H40N6O5S. The normalized spacial score (nSPS) is 24.4. The van der Waals surface area contributed by atoms with E-state index in [0.717, 1.165) is 55.7 Å². The van der Waals surface area contributed by atoms with E-state index in [1.165, 1.54) is 4.90 Å². The van der Waals surface area contributed by atoms with E-state index in [2.05, 4.69) is 15.1 Å². The highest BCUT2D eigenvalue weighted by Crippen LogP contribution is 2.30. The van der Waals surface area contributed by atoms with E-state index in [0.29, 0.717) is 12.0 Å². The lowest BCUT2D eigenvalue weighted by atomic mass is 9.96. The van der Waals surface area contributed by atoms with Crippen LogP contribution in [0.25, 0.3) is 11.3 Å². The molecule has 4 heterocycles. The van der Waals surface area contributed by atoms with Crippen LogP contribution in [0.15, 0.2) is 29.6 Å². The minimum atomic E-state index is -0.775. The van der Waals surface area contributed by atoms with Gasteiger partial charge in [0.25, 0.3) is 5.91 Å². The van der Waals surface area contributed by atoms with Crippen LogP contribution in [0.2, 0.25) is 0 Å². The lowest BCUT2D eigenvalue weighted by molar-refractivity contribution is -0.139. The number of aromatic nitrogens is 1. The number of Topliss-reactive ketones (excluding diaryl/α,β-unsaturated/α-hetero) is 1. The second kappa shape index (κ2) is 13.0. The number of hydrogen-bond acceptors (Lipinski definition) is 10. The number of ether oxygens (including phenoxy) is 2. The summed E-state index contributed by atoms with van der Waals surface area (Å²) >= 11 is 1.62. The second-order valence-electron chi connectivity index (χ2n) is 11.1. The fraction of sp³-hybridized carbons (Fsp3) is 0.586. The number of anilines is 1. The smallest absolute Gasteiger partial charge is 0.251 e. The molecule has 0 radical (unpaired) electrons. The van der Waals surface area contributed by atoms with Gasteiger partial charge < -0.3 is 30.3 Å². The van der Waals surface area contributed by atoms with Crippen molar-refractivity contribution in [2.45, 2.75) is 44.5 Å². The molecule has 0 saturated carbocycles. The van der Waals surface area contributed by atoms with E-state index < -0.39 is 24.2 Å². The number of carbonyl (C=O) groups excluding carboxylic acids is 3. The van der Waals surface area contributed by atoms with Crippen molar-refractivity contribution in [1.29, 1.82) is 0 Å². The Bertz CT molecular complexity index is 1230. The summed E-state index contributed by atoms with van der Waals surface area (Å²) in [5.74, 6) is -0.903. The van der Waals surface area contributed by atoms with Crippen molar-refractivity contribution in [3.05, 3.63) is 35.2 Å². The van der Waals surface area contributed by atoms with E-state index in [1.54, 1.807) is 30.6 Å². The molecule has 11 nitrogen and oxygen atoms in total. The molecule has 2 aromatic rings. The number of nitrogens with two attached hydrogens (primary N) is 1. The number of amides is 2. The minimum absolute atomic E-state index is 0.0362. The number of nitrogens with zero attached hydrogens (tertiary/aromatic N) is 4. The van der Waals surface area contributed by atoms with Gasteiger partial charge in [-0.2, -0.15) is 0 Å². The van der Waals surface area contributed by atoms with Gasteiger partial charge in [-0.1, -0.05) is 32.4 Å². The van der Waals surface area contributed by atoms with Gasteiger partial charge in [0.1, 0.15) is 24.8 Å². The highest BCUT2D eigenvalue weighted by atomic mass is 32.1. The van der Waals surface area contributed by atoms with E-state index in [9.17, 15) is 14.4 Å². The van der Waals surface area contributed by atoms with Crippen molar-refractivity contribution in [3.63, 3.8) is 0 Å². The van der Waals surface area contributed by atoms with Crippen LogP contribution in [0.5, 0.6) is 0 Å². The maximum atomic E-state index is 13.6. The Morgan fingerprint density at radius 1 is 1.22 bits per heavy atom. The number of ketones is 1. The average molecular weight is 585 g/mol. The predicted octanol–water partition coefficient (Wildman–Crippen LogP) is 1.23. The number of fused-ring (bicyclic) bond motifs is 1. The van der Waals surface area contributed by atoms with Crippen molar-refractivity contribution in [2.75, 3.05) is 64.5 Å². The Balaban J connectivity index is 1.22. The highest BCUT2D eigenvalue weighted by molar-refractivity contribution is 7.14. The third-order valence-electron chi connectivity index (χ3n) is 8.46. The number of nitrogens with one attached hydrogen (secondary N) is 1. The lowest BCUT2D eigenvalue weighted by Gasteiger charge is -2.34. The zero-order chi connectivity index (χ0) is 29.1. The number of rotatable bonds is 10. The SMILES string of the molecule is CC[C@H](C)[C@H](NC(=O)c1ccc(-c2csc(N3CCN(CCOC)CC3)n2)cc1)C(=O)N1C[C@@H](N)[C@H]2OCC(=O)[C@H]21. The van der Waals surface area contributed by atoms with Gasteiger partial charge in [0, 0.05) is 62.9 Å². The monoisotopic (exact) mass is 584 g/mol. The largest absolute Gasteiger partial charge is 0.383 e. The molecule has 1 aromatic heterocycles. The van der Waals surface area contributed by atoms with Crippen molar-refractivity contribution in [1.82, 2.24) is 20.1 Å². The Hall–Kier alpha value is -2.90. The van der Waals surface area contributed by atoms with Crippen molar-refractivity contribution < 1.29 is 23.9 Å². The van der Waals surface area contributed by atoms with E-state index in [-0.39, 0.29) is 36.7 Å². The molecule has 3 N–H and O–H groups in total. The van der Waals surface area contributed by atoms with Crippen LogP contribution in [0.4, 0.5) is 5.13 Å². The predicted molar refractivity (Wildman–Crippen MR) is 157 cm³/mol. The maximum Gasteiger partial charge on any atom is 0.251 e. The third kappa shape index (κ3) is 6.31. The molecular weight excluding hydrogens is 544 g/mol. The fourth-order valence-electron chi connectivity index (χ4n) is 5.72. The Morgan fingerprint density at radius 3 is 2.63 bits per heavy atom. The summed E-state index contributed by atoms with van der Waals surface area (Å²) < 4.78 is 10.7. The maximum absolute atomic E-state index is 13.6. The number of hydrogen-bond donors (Lipinski definition) is 2. The zero-order valence-electron chi connectivity index (χ0n) is 24.0. The molecule has 41 heavy (non-hydrogen) atoms. The van der Waals surface area contributed by atoms with Crippen molar-refractivity contribution in [2.24, 2.45) is 11.7 Å². The molecule has 1 aromatic carbocycles. The molecule has 0 unspecified atom stereocenters. The van der Waals surface area contributed by atoms with Crippen LogP contribution in [0.3, 0.4) is 0 Å². The van der Waals surface area contributed by atoms with Crippen LogP contribution in [-0.4, -0.2) is 116 Å². The van der Waals surface area contributed by atoms with Gasteiger partial charge in [0.2, 0.25) is 5.91 Å². The van der Waals surface area contributed by atoms with Crippen LogP contribution < -0.4 is 16.0 Å². The minimum Gasteiger partial charge on any atom is -0.383 e. The van der Waals surface area contributed by atoms with Crippen molar-refractivity contribution in [3.8, 4) is 11.3 Å². The number of piperazine rings is 1. The molecule has 3 fully saturated rings. The van der Waals surface area contributed by atoms with Gasteiger partial charge >= 0.3 is 0 Å². The summed E-state index contributed by atoms with van der Waals surface area (Å²) in [5.41, 5.74) is 8.42. The average Bonchev–Trinajstić information content (AvgIpc) is 3.72. The summed E-state index contributed by atoms with van der Waals surface area (Å²) in [6, 6.07) is 5.40. The molecule has 0 spiro atoms. The molecule has 5 rings (SSSR count). The van der Waals surface area contributed by atoms with Gasteiger partial charge in [-0.05, 0) is 18.1 Å². The van der Waals surface area contributed by atoms with Gasteiger partial charge in [-0.15, -0.1) is 11.3 Å². The summed E-state index contributed by atoms with van der Waals surface area (Å²) in [6.45, 7) is 9.60. The molecule has 3 saturated heterocycles. The lowest BCUT2D eigenvalue weighted by Crippen LogP contribution is -2.54. The summed E-state index contributed by atoms with van der Waals surface area (Å²) in [7, 11) is 1.73. The first-order valence-electron chi connectivity index (χ1n) is 14.3. The quantitative estimate of drug-likeness (QED) is 0.424. The van der Waals surface area contributed by atoms with E-state index in [4.69, 9.17) is 20.2 Å². The zero-order valence-corrected chi connectivity index (χ0v) is 24.8. The van der Waals surface area contributed by atoms with Gasteiger partial charge in [-0.3, -0.25) is 19.3 Å². The van der Waals surface area contributed by atoms with E-state index in [1.807, 2.05) is 31.4 Å². The second-order valence-corrected chi connectivity index (χ2v) is 11.9. The number of benzene rings is 1. The number of thiazole rings is 1. The first-order valence-corrected chi connectivity index (χ1v) is 15.2. The Morgan fingerprint density at radius 2 is 1.95 bits per heavy atom. The molecule has 0 aliphatic carbocycles.